The Morgan fingerprint density at radius 3 is 3.00 bits per heavy atom. The summed E-state index contributed by atoms with van der Waals surface area (Å²) in [5, 5.41) is 6.85. The fourth-order valence-corrected chi connectivity index (χ4v) is 1.40. The lowest BCUT2D eigenvalue weighted by atomic mass is 10.2. The molecule has 1 rings (SSSR count). The van der Waals surface area contributed by atoms with E-state index >= 15 is 0 Å². The predicted molar refractivity (Wildman–Crippen MR) is 60.0 cm³/mol. The number of nitrogens with two attached hydrogens (primary N) is 1. The molecule has 0 aliphatic rings. The van der Waals surface area contributed by atoms with Crippen LogP contribution in [0.1, 0.15) is 16.9 Å². The van der Waals surface area contributed by atoms with Crippen LogP contribution in [0.25, 0.3) is 0 Å². The maximum absolute atomic E-state index is 11.7. The average molecular weight is 226 g/mol. The number of hydrogen-bond donors (Lipinski definition) is 2. The third-order valence-electron chi connectivity index (χ3n) is 2.16. The molecule has 3 N–H and O–H groups in total. The van der Waals surface area contributed by atoms with E-state index in [9.17, 15) is 4.79 Å². The molecule has 90 valence electrons. The minimum absolute atomic E-state index is 0.0653. The van der Waals surface area contributed by atoms with Crippen molar-refractivity contribution in [3.63, 3.8) is 0 Å². The number of ether oxygens (including phenoxy) is 1. The van der Waals surface area contributed by atoms with Gasteiger partial charge in [-0.1, -0.05) is 0 Å². The monoisotopic (exact) mass is 226 g/mol. The van der Waals surface area contributed by atoms with Gasteiger partial charge in [-0.2, -0.15) is 5.10 Å². The Morgan fingerprint density at radius 1 is 1.75 bits per heavy atom. The maximum atomic E-state index is 11.7. The van der Waals surface area contributed by atoms with Crippen LogP contribution in [0.3, 0.4) is 0 Å². The minimum Gasteiger partial charge on any atom is -0.383 e. The Labute approximate surface area is 94.8 Å². The zero-order valence-corrected chi connectivity index (χ0v) is 9.64. The SMILES string of the molecule is COCC(CCN)NC(=O)c1ccn(C)n1. The lowest BCUT2D eigenvalue weighted by Crippen LogP contribution is -2.39. The maximum Gasteiger partial charge on any atom is 0.272 e. The van der Waals surface area contributed by atoms with E-state index in [2.05, 4.69) is 10.4 Å². The zero-order valence-electron chi connectivity index (χ0n) is 9.64. The molecule has 16 heavy (non-hydrogen) atoms. The van der Waals surface area contributed by atoms with Crippen LogP contribution in [0.15, 0.2) is 12.3 Å². The molecule has 6 nitrogen and oxygen atoms in total. The van der Waals surface area contributed by atoms with Crippen molar-refractivity contribution in [2.75, 3.05) is 20.3 Å². The van der Waals surface area contributed by atoms with Crippen molar-refractivity contribution in [2.24, 2.45) is 12.8 Å². The van der Waals surface area contributed by atoms with Gasteiger partial charge in [-0.15, -0.1) is 0 Å². The summed E-state index contributed by atoms with van der Waals surface area (Å²) in [6, 6.07) is 1.60. The Bertz CT molecular complexity index is 331. The van der Waals surface area contributed by atoms with E-state index in [1.54, 1.807) is 31.1 Å². The van der Waals surface area contributed by atoms with E-state index in [0.717, 1.165) is 0 Å². The van der Waals surface area contributed by atoms with Crippen molar-refractivity contribution in [1.29, 1.82) is 0 Å². The van der Waals surface area contributed by atoms with E-state index < -0.39 is 0 Å². The summed E-state index contributed by atoms with van der Waals surface area (Å²) in [4.78, 5) is 11.7. The summed E-state index contributed by atoms with van der Waals surface area (Å²) in [7, 11) is 3.36. The summed E-state index contributed by atoms with van der Waals surface area (Å²) in [6.45, 7) is 0.965. The molecule has 0 aliphatic heterocycles. The summed E-state index contributed by atoms with van der Waals surface area (Å²) < 4.78 is 6.59. The number of aryl methyl sites for hydroxylation is 1. The molecular weight excluding hydrogens is 208 g/mol. The van der Waals surface area contributed by atoms with Crippen LogP contribution >= 0.6 is 0 Å². The normalized spacial score (nSPS) is 12.4. The Morgan fingerprint density at radius 2 is 2.50 bits per heavy atom. The lowest BCUT2D eigenvalue weighted by molar-refractivity contribution is 0.0887. The van der Waals surface area contributed by atoms with E-state index in [0.29, 0.717) is 25.3 Å². The fraction of sp³-hybridized carbons (Fsp3) is 0.600. The van der Waals surface area contributed by atoms with Gasteiger partial charge in [0.15, 0.2) is 0 Å². The van der Waals surface area contributed by atoms with Crippen LogP contribution in [0, 0.1) is 0 Å². The molecule has 1 atom stereocenters. The first-order valence-corrected chi connectivity index (χ1v) is 5.17. The third-order valence-corrected chi connectivity index (χ3v) is 2.16. The van der Waals surface area contributed by atoms with Gasteiger partial charge in [-0.3, -0.25) is 9.48 Å². The number of nitrogens with one attached hydrogen (secondary N) is 1. The molecule has 1 aromatic rings. The molecule has 0 saturated carbocycles. The molecule has 1 amide bonds. The predicted octanol–water partition coefficient (Wildman–Crippen LogP) is -0.486. The van der Waals surface area contributed by atoms with Gasteiger partial charge >= 0.3 is 0 Å². The molecule has 1 aromatic heterocycles. The number of hydrogen-bond acceptors (Lipinski definition) is 4. The Balaban J connectivity index is 2.54. The van der Waals surface area contributed by atoms with Gasteiger partial charge in [-0.05, 0) is 19.0 Å². The van der Waals surface area contributed by atoms with Gasteiger partial charge in [0.25, 0.3) is 5.91 Å². The largest absolute Gasteiger partial charge is 0.383 e. The third kappa shape index (κ3) is 3.63. The highest BCUT2D eigenvalue weighted by Gasteiger charge is 2.14. The standard InChI is InChI=1S/C10H18N4O2/c1-14-6-4-9(13-14)10(15)12-8(3-5-11)7-16-2/h4,6,8H,3,5,7,11H2,1-2H3,(H,12,15). The highest BCUT2D eigenvalue weighted by atomic mass is 16.5. The van der Waals surface area contributed by atoms with Gasteiger partial charge in [0.05, 0.1) is 12.6 Å². The smallest absolute Gasteiger partial charge is 0.272 e. The second-order valence-corrected chi connectivity index (χ2v) is 3.58. The summed E-state index contributed by atoms with van der Waals surface area (Å²) in [5.41, 5.74) is 5.85. The van der Waals surface area contributed by atoms with Gasteiger partial charge in [0.2, 0.25) is 0 Å². The molecule has 0 saturated heterocycles. The molecule has 1 heterocycles. The number of aromatic nitrogens is 2. The van der Waals surface area contributed by atoms with Crippen molar-refractivity contribution in [1.82, 2.24) is 15.1 Å². The van der Waals surface area contributed by atoms with Crippen LogP contribution in [0.2, 0.25) is 0 Å². The van der Waals surface area contributed by atoms with Crippen LogP contribution in [0.4, 0.5) is 0 Å². The molecule has 0 spiro atoms. The summed E-state index contributed by atoms with van der Waals surface area (Å²) >= 11 is 0. The second kappa shape index (κ2) is 6.24. The molecule has 0 aliphatic carbocycles. The van der Waals surface area contributed by atoms with E-state index in [1.807, 2.05) is 0 Å². The Hall–Kier alpha value is -1.40. The van der Waals surface area contributed by atoms with Gasteiger partial charge < -0.3 is 15.8 Å². The van der Waals surface area contributed by atoms with E-state index in [4.69, 9.17) is 10.5 Å². The van der Waals surface area contributed by atoms with Crippen LogP contribution in [0.5, 0.6) is 0 Å². The summed E-state index contributed by atoms with van der Waals surface area (Å²) in [6.07, 6.45) is 2.41. The van der Waals surface area contributed by atoms with Crippen molar-refractivity contribution >= 4 is 5.91 Å². The van der Waals surface area contributed by atoms with Crippen LogP contribution in [-0.4, -0.2) is 42.0 Å². The molecule has 0 fully saturated rings. The second-order valence-electron chi connectivity index (χ2n) is 3.58. The molecule has 6 heteroatoms. The first-order chi connectivity index (χ1) is 7.67. The highest BCUT2D eigenvalue weighted by Crippen LogP contribution is 1.97. The minimum atomic E-state index is -0.198. The van der Waals surface area contributed by atoms with Gasteiger partial charge in [-0.25, -0.2) is 0 Å². The number of nitrogens with zero attached hydrogens (tertiary/aromatic N) is 2. The number of carbonyl (C=O) groups excluding carboxylic acids is 1. The van der Waals surface area contributed by atoms with Gasteiger partial charge in [0, 0.05) is 20.4 Å². The molecular formula is C10H18N4O2. The topological polar surface area (TPSA) is 82.2 Å². The number of rotatable bonds is 6. The number of amides is 1. The first kappa shape index (κ1) is 12.7. The molecule has 0 radical (unpaired) electrons. The Kier molecular flexibility index (Phi) is 4.94. The highest BCUT2D eigenvalue weighted by molar-refractivity contribution is 5.92. The molecule has 1 unspecified atom stereocenters. The number of methoxy groups -OCH3 is 1. The molecule has 0 aromatic carbocycles. The summed E-state index contributed by atoms with van der Waals surface area (Å²) in [5.74, 6) is -0.198. The lowest BCUT2D eigenvalue weighted by Gasteiger charge is -2.16. The quantitative estimate of drug-likeness (QED) is 0.686. The molecule has 0 bridgehead atoms. The van der Waals surface area contributed by atoms with E-state index in [1.165, 1.54) is 0 Å². The zero-order chi connectivity index (χ0) is 12.0. The van der Waals surface area contributed by atoms with Crippen molar-refractivity contribution in [2.45, 2.75) is 12.5 Å². The van der Waals surface area contributed by atoms with E-state index in [-0.39, 0.29) is 11.9 Å². The van der Waals surface area contributed by atoms with Crippen molar-refractivity contribution in [3.05, 3.63) is 18.0 Å². The average Bonchev–Trinajstić information content (AvgIpc) is 2.65. The van der Waals surface area contributed by atoms with Crippen molar-refractivity contribution < 1.29 is 9.53 Å². The fourth-order valence-electron chi connectivity index (χ4n) is 1.40. The van der Waals surface area contributed by atoms with Gasteiger partial charge in [0.1, 0.15) is 5.69 Å². The van der Waals surface area contributed by atoms with Crippen molar-refractivity contribution in [3.8, 4) is 0 Å². The first-order valence-electron chi connectivity index (χ1n) is 5.17. The number of carbonyl (C=O) groups is 1. The van der Waals surface area contributed by atoms with Crippen LogP contribution in [-0.2, 0) is 11.8 Å². The van der Waals surface area contributed by atoms with Crippen LogP contribution < -0.4 is 11.1 Å².